The molecule has 0 radical (unpaired) electrons. The maximum absolute atomic E-state index is 10.2. The number of rotatable bonds is 6. The van der Waals surface area contributed by atoms with E-state index in [1.807, 2.05) is 32.0 Å². The number of para-hydroxylation sites is 1. The van der Waals surface area contributed by atoms with Crippen molar-refractivity contribution in [2.75, 3.05) is 6.54 Å². The number of hydrogen-bond acceptors (Lipinski definition) is 3. The third kappa shape index (κ3) is 4.67. The molecule has 0 saturated carbocycles. The van der Waals surface area contributed by atoms with Crippen LogP contribution >= 0.6 is 0 Å². The average Bonchev–Trinajstić information content (AvgIpc) is 2.22. The number of aliphatic hydroxyl groups is 1. The van der Waals surface area contributed by atoms with Crippen LogP contribution in [-0.2, 0) is 6.54 Å². The van der Waals surface area contributed by atoms with Crippen LogP contribution in [0.15, 0.2) is 18.2 Å². The van der Waals surface area contributed by atoms with Crippen molar-refractivity contribution in [2.45, 2.75) is 46.3 Å². The van der Waals surface area contributed by atoms with E-state index in [2.05, 4.69) is 19.2 Å². The summed E-state index contributed by atoms with van der Waals surface area (Å²) in [7, 11) is 0. The Bertz CT molecular complexity index is 386. The Kier molecular flexibility index (Phi) is 5.17. The van der Waals surface area contributed by atoms with Gasteiger partial charge in [0.05, 0.1) is 5.60 Å². The Morgan fingerprint density at radius 1 is 1.33 bits per heavy atom. The Hall–Kier alpha value is -1.06. The maximum Gasteiger partial charge on any atom is 0.122 e. The second-order valence-corrected chi connectivity index (χ2v) is 5.78. The van der Waals surface area contributed by atoms with Crippen LogP contribution in [0.1, 0.15) is 38.3 Å². The summed E-state index contributed by atoms with van der Waals surface area (Å²) < 4.78 is 0. The highest BCUT2D eigenvalue weighted by Crippen LogP contribution is 2.21. The number of phenols is 1. The molecule has 0 aliphatic heterocycles. The van der Waals surface area contributed by atoms with E-state index in [9.17, 15) is 10.2 Å². The maximum atomic E-state index is 10.2. The van der Waals surface area contributed by atoms with E-state index >= 15 is 0 Å². The molecule has 1 aromatic rings. The Balaban J connectivity index is 2.49. The third-order valence-corrected chi connectivity index (χ3v) is 2.99. The fraction of sp³-hybridized carbons (Fsp3) is 0.600. The molecule has 3 N–H and O–H groups in total. The molecule has 102 valence electrons. The third-order valence-electron chi connectivity index (χ3n) is 2.99. The van der Waals surface area contributed by atoms with Gasteiger partial charge in [0.25, 0.3) is 0 Å². The SMILES string of the molecule is Cc1cccc(CNCC(C)(O)CC(C)C)c1O. The quantitative estimate of drug-likeness (QED) is 0.728. The van der Waals surface area contributed by atoms with E-state index in [1.165, 1.54) is 0 Å². The van der Waals surface area contributed by atoms with Gasteiger partial charge in [0.1, 0.15) is 5.75 Å². The summed E-state index contributed by atoms with van der Waals surface area (Å²) in [6.45, 7) is 9.02. The zero-order valence-corrected chi connectivity index (χ0v) is 11.8. The Morgan fingerprint density at radius 3 is 2.61 bits per heavy atom. The fourth-order valence-corrected chi connectivity index (χ4v) is 2.28. The molecule has 0 heterocycles. The molecule has 1 atom stereocenters. The van der Waals surface area contributed by atoms with Gasteiger partial charge in [-0.05, 0) is 31.7 Å². The number of aryl methyl sites for hydroxylation is 1. The minimum atomic E-state index is -0.701. The second kappa shape index (κ2) is 6.21. The van der Waals surface area contributed by atoms with Gasteiger partial charge < -0.3 is 15.5 Å². The summed E-state index contributed by atoms with van der Waals surface area (Å²) in [5.41, 5.74) is 1.05. The average molecular weight is 251 g/mol. The number of aromatic hydroxyl groups is 1. The Labute approximate surface area is 110 Å². The van der Waals surface area contributed by atoms with Gasteiger partial charge in [0.15, 0.2) is 0 Å². The summed E-state index contributed by atoms with van der Waals surface area (Å²) in [5.74, 6) is 0.808. The molecule has 1 aromatic carbocycles. The minimum Gasteiger partial charge on any atom is -0.507 e. The molecule has 18 heavy (non-hydrogen) atoms. The van der Waals surface area contributed by atoms with E-state index in [-0.39, 0.29) is 0 Å². The number of benzene rings is 1. The van der Waals surface area contributed by atoms with Crippen molar-refractivity contribution < 1.29 is 10.2 Å². The lowest BCUT2D eigenvalue weighted by Crippen LogP contribution is -2.38. The molecule has 1 unspecified atom stereocenters. The van der Waals surface area contributed by atoms with Crippen LogP contribution in [0.3, 0.4) is 0 Å². The fourth-order valence-electron chi connectivity index (χ4n) is 2.28. The molecule has 0 aliphatic rings. The number of phenolic OH excluding ortho intramolecular Hbond substituents is 1. The molecule has 0 amide bonds. The van der Waals surface area contributed by atoms with Gasteiger partial charge in [-0.3, -0.25) is 0 Å². The molecular weight excluding hydrogens is 226 g/mol. The predicted molar refractivity (Wildman–Crippen MR) is 74.6 cm³/mol. The predicted octanol–water partition coefficient (Wildman–Crippen LogP) is 2.59. The molecule has 0 aromatic heterocycles. The monoisotopic (exact) mass is 251 g/mol. The van der Waals surface area contributed by atoms with Crippen LogP contribution in [0, 0.1) is 12.8 Å². The summed E-state index contributed by atoms with van der Waals surface area (Å²) in [6.07, 6.45) is 0.764. The van der Waals surface area contributed by atoms with Gasteiger partial charge in [-0.2, -0.15) is 0 Å². The van der Waals surface area contributed by atoms with Crippen molar-refractivity contribution in [3.8, 4) is 5.75 Å². The van der Waals surface area contributed by atoms with E-state index in [0.29, 0.717) is 24.8 Å². The molecule has 0 fully saturated rings. The van der Waals surface area contributed by atoms with Gasteiger partial charge in [-0.25, -0.2) is 0 Å². The largest absolute Gasteiger partial charge is 0.507 e. The van der Waals surface area contributed by atoms with Gasteiger partial charge in [-0.15, -0.1) is 0 Å². The first kappa shape index (κ1) is 15.0. The van der Waals surface area contributed by atoms with Gasteiger partial charge >= 0.3 is 0 Å². The lowest BCUT2D eigenvalue weighted by Gasteiger charge is -2.25. The van der Waals surface area contributed by atoms with Gasteiger partial charge in [-0.1, -0.05) is 32.0 Å². The molecular formula is C15H25NO2. The normalized spacial score (nSPS) is 14.8. The van der Waals surface area contributed by atoms with Crippen LogP contribution in [0.25, 0.3) is 0 Å². The van der Waals surface area contributed by atoms with Crippen molar-refractivity contribution >= 4 is 0 Å². The highest BCUT2D eigenvalue weighted by atomic mass is 16.3. The zero-order valence-electron chi connectivity index (χ0n) is 11.8. The lowest BCUT2D eigenvalue weighted by molar-refractivity contribution is 0.0383. The molecule has 0 spiro atoms. The molecule has 0 aliphatic carbocycles. The summed E-state index contributed by atoms with van der Waals surface area (Å²) in [6, 6.07) is 5.71. The molecule has 3 heteroatoms. The molecule has 0 saturated heterocycles. The molecule has 1 rings (SSSR count). The highest BCUT2D eigenvalue weighted by molar-refractivity contribution is 5.39. The van der Waals surface area contributed by atoms with Crippen molar-refractivity contribution in [1.82, 2.24) is 5.32 Å². The van der Waals surface area contributed by atoms with Crippen LogP contribution < -0.4 is 5.32 Å². The first-order valence-corrected chi connectivity index (χ1v) is 6.52. The Morgan fingerprint density at radius 2 is 2.00 bits per heavy atom. The van der Waals surface area contributed by atoms with Crippen LogP contribution in [0.5, 0.6) is 5.75 Å². The van der Waals surface area contributed by atoms with Gasteiger partial charge in [0, 0.05) is 18.7 Å². The van der Waals surface area contributed by atoms with Crippen LogP contribution in [-0.4, -0.2) is 22.4 Å². The van der Waals surface area contributed by atoms with E-state index in [0.717, 1.165) is 17.5 Å². The van der Waals surface area contributed by atoms with Crippen molar-refractivity contribution in [1.29, 1.82) is 0 Å². The number of nitrogens with one attached hydrogen (secondary N) is 1. The van der Waals surface area contributed by atoms with Crippen LogP contribution in [0.4, 0.5) is 0 Å². The first-order chi connectivity index (χ1) is 8.32. The molecule has 3 nitrogen and oxygen atoms in total. The van der Waals surface area contributed by atoms with Crippen molar-refractivity contribution in [3.05, 3.63) is 29.3 Å². The highest BCUT2D eigenvalue weighted by Gasteiger charge is 2.21. The topological polar surface area (TPSA) is 52.5 Å². The minimum absolute atomic E-state index is 0.341. The summed E-state index contributed by atoms with van der Waals surface area (Å²) in [5, 5.41) is 23.2. The van der Waals surface area contributed by atoms with Gasteiger partial charge in [0.2, 0.25) is 0 Å². The second-order valence-electron chi connectivity index (χ2n) is 5.78. The van der Waals surface area contributed by atoms with E-state index in [4.69, 9.17) is 0 Å². The van der Waals surface area contributed by atoms with Crippen molar-refractivity contribution in [3.63, 3.8) is 0 Å². The first-order valence-electron chi connectivity index (χ1n) is 6.52. The van der Waals surface area contributed by atoms with Crippen LogP contribution in [0.2, 0.25) is 0 Å². The van der Waals surface area contributed by atoms with E-state index in [1.54, 1.807) is 0 Å². The smallest absolute Gasteiger partial charge is 0.122 e. The standard InChI is InChI=1S/C15H25NO2/c1-11(2)8-15(4,18)10-16-9-13-7-5-6-12(3)14(13)17/h5-7,11,16-18H,8-10H2,1-4H3. The summed E-state index contributed by atoms with van der Waals surface area (Å²) in [4.78, 5) is 0. The van der Waals surface area contributed by atoms with E-state index < -0.39 is 5.60 Å². The zero-order chi connectivity index (χ0) is 13.8. The molecule has 0 bridgehead atoms. The number of hydrogen-bond donors (Lipinski definition) is 3. The lowest BCUT2D eigenvalue weighted by atomic mass is 9.94. The summed E-state index contributed by atoms with van der Waals surface area (Å²) >= 11 is 0. The van der Waals surface area contributed by atoms with Crippen molar-refractivity contribution in [2.24, 2.45) is 5.92 Å².